The molecule has 2 heterocycles. The number of nitrogens with zero attached hydrogens (tertiary/aromatic N) is 1. The van der Waals surface area contributed by atoms with Crippen LogP contribution < -0.4 is 5.56 Å². The van der Waals surface area contributed by atoms with Crippen LogP contribution in [0, 0.1) is 6.92 Å². The Hall–Kier alpha value is -3.14. The first-order valence-corrected chi connectivity index (χ1v) is 8.79. The van der Waals surface area contributed by atoms with Gasteiger partial charge in [-0.1, -0.05) is 54.1 Å². The molecule has 1 aliphatic heterocycles. The molecule has 0 atom stereocenters. The van der Waals surface area contributed by atoms with Gasteiger partial charge in [0.15, 0.2) is 0 Å². The number of aromatic nitrogens is 1. The van der Waals surface area contributed by atoms with Gasteiger partial charge in [0.1, 0.15) is 5.69 Å². The van der Waals surface area contributed by atoms with Crippen molar-refractivity contribution in [3.63, 3.8) is 0 Å². The van der Waals surface area contributed by atoms with E-state index in [4.69, 9.17) is 0 Å². The van der Waals surface area contributed by atoms with Crippen molar-refractivity contribution in [3.8, 4) is 0 Å². The second-order valence-corrected chi connectivity index (χ2v) is 6.70. The molecule has 0 radical (unpaired) electrons. The summed E-state index contributed by atoms with van der Waals surface area (Å²) in [6.45, 7) is 3.27. The molecule has 0 bridgehead atoms. The normalized spacial score (nSPS) is 14.3. The van der Waals surface area contributed by atoms with Gasteiger partial charge in [0, 0.05) is 18.5 Å². The van der Waals surface area contributed by atoms with Crippen LogP contribution in [0.5, 0.6) is 0 Å². The van der Waals surface area contributed by atoms with E-state index in [-0.39, 0.29) is 11.5 Å². The van der Waals surface area contributed by atoms with Gasteiger partial charge in [-0.25, -0.2) is 0 Å². The van der Waals surface area contributed by atoms with Crippen molar-refractivity contribution in [2.45, 2.75) is 13.3 Å². The maximum absolute atomic E-state index is 12.8. The van der Waals surface area contributed by atoms with E-state index in [2.05, 4.69) is 42.2 Å². The largest absolute Gasteiger partial charge is 0.333 e. The number of H-pyrrole nitrogens is 1. The van der Waals surface area contributed by atoms with Crippen molar-refractivity contribution in [1.29, 1.82) is 0 Å². The van der Waals surface area contributed by atoms with E-state index in [1.807, 2.05) is 18.2 Å². The third-order valence-corrected chi connectivity index (χ3v) is 4.90. The smallest absolute Gasteiger partial charge is 0.270 e. The van der Waals surface area contributed by atoms with E-state index in [1.165, 1.54) is 16.7 Å². The average molecular weight is 344 g/mol. The highest BCUT2D eigenvalue weighted by Gasteiger charge is 2.20. The Morgan fingerprint density at radius 1 is 1.08 bits per heavy atom. The molecular weight excluding hydrogens is 324 g/mol. The number of carbonyl (C=O) groups is 1. The van der Waals surface area contributed by atoms with Crippen molar-refractivity contribution < 1.29 is 4.79 Å². The fraction of sp³-hybridized carbons (Fsp3) is 0.182. The number of carbonyl (C=O) groups excluding carboxylic acids is 1. The second-order valence-electron chi connectivity index (χ2n) is 6.70. The SMILES string of the molecule is Cc1ccc(C2=CCN(C(=O)c3cc4ccccc4c(=O)[nH]3)CC2)cc1. The molecule has 4 nitrogen and oxygen atoms in total. The Morgan fingerprint density at radius 3 is 2.58 bits per heavy atom. The third-order valence-electron chi connectivity index (χ3n) is 4.90. The zero-order chi connectivity index (χ0) is 18.1. The van der Waals surface area contributed by atoms with Crippen LogP contribution in [-0.2, 0) is 0 Å². The minimum atomic E-state index is -0.223. The number of aromatic amines is 1. The molecular formula is C22H20N2O2. The van der Waals surface area contributed by atoms with Crippen molar-refractivity contribution in [1.82, 2.24) is 9.88 Å². The van der Waals surface area contributed by atoms with Crippen molar-refractivity contribution in [2.24, 2.45) is 0 Å². The third kappa shape index (κ3) is 3.06. The molecule has 1 amide bonds. The van der Waals surface area contributed by atoms with Gasteiger partial charge in [-0.05, 0) is 42.0 Å². The Morgan fingerprint density at radius 2 is 1.85 bits per heavy atom. The molecule has 1 aliphatic rings. The molecule has 26 heavy (non-hydrogen) atoms. The number of hydrogen-bond donors (Lipinski definition) is 1. The summed E-state index contributed by atoms with van der Waals surface area (Å²) in [5.41, 5.74) is 3.84. The number of hydrogen-bond acceptors (Lipinski definition) is 2. The molecule has 1 N–H and O–H groups in total. The minimum Gasteiger partial charge on any atom is -0.333 e. The molecule has 0 saturated heterocycles. The molecule has 4 rings (SSSR count). The lowest BCUT2D eigenvalue weighted by Gasteiger charge is -2.26. The van der Waals surface area contributed by atoms with Gasteiger partial charge in [-0.2, -0.15) is 0 Å². The maximum Gasteiger partial charge on any atom is 0.270 e. The van der Waals surface area contributed by atoms with Gasteiger partial charge in [0.25, 0.3) is 11.5 Å². The number of aryl methyl sites for hydroxylation is 1. The molecule has 0 aliphatic carbocycles. The van der Waals surface area contributed by atoms with E-state index in [0.717, 1.165) is 11.8 Å². The minimum absolute atomic E-state index is 0.132. The quantitative estimate of drug-likeness (QED) is 0.769. The summed E-state index contributed by atoms with van der Waals surface area (Å²) in [4.78, 5) is 29.5. The lowest BCUT2D eigenvalue weighted by molar-refractivity contribution is 0.0767. The summed E-state index contributed by atoms with van der Waals surface area (Å²) in [6, 6.07) is 17.5. The monoisotopic (exact) mass is 344 g/mol. The van der Waals surface area contributed by atoms with Crippen LogP contribution in [0.1, 0.15) is 28.0 Å². The Balaban J connectivity index is 1.57. The van der Waals surface area contributed by atoms with Crippen LogP contribution in [0.25, 0.3) is 16.3 Å². The first-order valence-electron chi connectivity index (χ1n) is 8.79. The lowest BCUT2D eigenvalue weighted by atomic mass is 9.98. The zero-order valence-corrected chi connectivity index (χ0v) is 14.7. The van der Waals surface area contributed by atoms with Crippen LogP contribution in [0.15, 0.2) is 65.5 Å². The van der Waals surface area contributed by atoms with Gasteiger partial charge in [-0.15, -0.1) is 0 Å². The van der Waals surface area contributed by atoms with Crippen molar-refractivity contribution in [2.75, 3.05) is 13.1 Å². The molecule has 0 fully saturated rings. The maximum atomic E-state index is 12.8. The Bertz CT molecular complexity index is 1060. The van der Waals surface area contributed by atoms with Crippen LogP contribution in [0.2, 0.25) is 0 Å². The highest BCUT2D eigenvalue weighted by Crippen LogP contribution is 2.23. The van der Waals surface area contributed by atoms with Gasteiger partial charge in [0.2, 0.25) is 0 Å². The number of pyridine rings is 1. The van der Waals surface area contributed by atoms with Gasteiger partial charge < -0.3 is 9.88 Å². The summed E-state index contributed by atoms with van der Waals surface area (Å²) >= 11 is 0. The summed E-state index contributed by atoms with van der Waals surface area (Å²) < 4.78 is 0. The van der Waals surface area contributed by atoms with E-state index in [0.29, 0.717) is 24.2 Å². The topological polar surface area (TPSA) is 53.2 Å². The van der Waals surface area contributed by atoms with Crippen LogP contribution in [0.4, 0.5) is 0 Å². The average Bonchev–Trinajstić information content (AvgIpc) is 2.68. The van der Waals surface area contributed by atoms with Crippen LogP contribution >= 0.6 is 0 Å². The fourth-order valence-corrected chi connectivity index (χ4v) is 3.38. The van der Waals surface area contributed by atoms with E-state index < -0.39 is 0 Å². The molecule has 1 aromatic heterocycles. The molecule has 0 unspecified atom stereocenters. The van der Waals surface area contributed by atoms with Crippen molar-refractivity contribution in [3.05, 3.63) is 87.8 Å². The van der Waals surface area contributed by atoms with Crippen molar-refractivity contribution >= 4 is 22.3 Å². The number of benzene rings is 2. The summed E-state index contributed by atoms with van der Waals surface area (Å²) in [6.07, 6.45) is 2.91. The van der Waals surface area contributed by atoms with E-state index in [9.17, 15) is 9.59 Å². The second kappa shape index (κ2) is 6.64. The molecule has 3 aromatic rings. The standard InChI is InChI=1S/C22H20N2O2/c1-15-6-8-16(9-7-15)17-10-12-24(13-11-17)22(26)20-14-18-4-2-3-5-19(18)21(25)23-20/h2-10,14H,11-13H2,1H3,(H,23,25). The summed E-state index contributed by atoms with van der Waals surface area (Å²) in [7, 11) is 0. The highest BCUT2D eigenvalue weighted by atomic mass is 16.2. The predicted molar refractivity (Wildman–Crippen MR) is 104 cm³/mol. The van der Waals surface area contributed by atoms with E-state index >= 15 is 0 Å². The Labute approximate surface area is 151 Å². The Kier molecular flexibility index (Phi) is 4.17. The fourth-order valence-electron chi connectivity index (χ4n) is 3.38. The highest BCUT2D eigenvalue weighted by molar-refractivity contribution is 5.96. The zero-order valence-electron chi connectivity index (χ0n) is 14.7. The first-order chi connectivity index (χ1) is 12.6. The van der Waals surface area contributed by atoms with Gasteiger partial charge in [0.05, 0.1) is 0 Å². The molecule has 2 aromatic carbocycles. The van der Waals surface area contributed by atoms with Gasteiger partial charge >= 0.3 is 0 Å². The molecule has 130 valence electrons. The molecule has 4 heteroatoms. The first kappa shape index (κ1) is 16.3. The number of fused-ring (bicyclic) bond motifs is 1. The lowest BCUT2D eigenvalue weighted by Crippen LogP contribution is -2.36. The number of rotatable bonds is 2. The van der Waals surface area contributed by atoms with Crippen LogP contribution in [0.3, 0.4) is 0 Å². The number of amides is 1. The molecule has 0 spiro atoms. The molecule has 0 saturated carbocycles. The van der Waals surface area contributed by atoms with Crippen LogP contribution in [-0.4, -0.2) is 28.9 Å². The number of nitrogens with one attached hydrogen (secondary N) is 1. The summed E-state index contributed by atoms with van der Waals surface area (Å²) in [5, 5.41) is 1.39. The predicted octanol–water partition coefficient (Wildman–Crippen LogP) is 3.77. The van der Waals surface area contributed by atoms with E-state index in [1.54, 1.807) is 17.0 Å². The van der Waals surface area contributed by atoms with Gasteiger partial charge in [-0.3, -0.25) is 9.59 Å². The summed E-state index contributed by atoms with van der Waals surface area (Å²) in [5.74, 6) is -0.132.